The first-order valence-corrected chi connectivity index (χ1v) is 8.13. The van der Waals surface area contributed by atoms with Crippen molar-refractivity contribution in [3.63, 3.8) is 0 Å². The van der Waals surface area contributed by atoms with Crippen LogP contribution in [0, 0.1) is 0 Å². The summed E-state index contributed by atoms with van der Waals surface area (Å²) in [5.74, 6) is -1.61. The van der Waals surface area contributed by atoms with Crippen LogP contribution in [-0.2, 0) is 9.59 Å². The highest BCUT2D eigenvalue weighted by molar-refractivity contribution is 6.38. The highest BCUT2D eigenvalue weighted by atomic mass is 35.5. The van der Waals surface area contributed by atoms with Gasteiger partial charge in [0, 0.05) is 5.56 Å². The van der Waals surface area contributed by atoms with E-state index in [2.05, 4.69) is 0 Å². The Bertz CT molecular complexity index is 827. The molecular formula is C17H15Cl2NO6. The fourth-order valence-electron chi connectivity index (χ4n) is 2.03. The molecule has 9 heteroatoms. The Labute approximate surface area is 158 Å². The molecule has 26 heavy (non-hydrogen) atoms. The van der Waals surface area contributed by atoms with Gasteiger partial charge < -0.3 is 25.4 Å². The van der Waals surface area contributed by atoms with Crippen LogP contribution in [0.2, 0.25) is 10.0 Å². The Kier molecular flexibility index (Phi) is 6.68. The third-order valence-electron chi connectivity index (χ3n) is 3.28. The average molecular weight is 400 g/mol. The fourth-order valence-corrected chi connectivity index (χ4v) is 2.53. The minimum absolute atomic E-state index is 0.0197. The number of benzene rings is 2. The Balaban J connectivity index is 2.32. The van der Waals surface area contributed by atoms with Gasteiger partial charge in [-0.3, -0.25) is 9.59 Å². The van der Waals surface area contributed by atoms with Crippen molar-refractivity contribution in [1.29, 1.82) is 0 Å². The number of aliphatic hydroxyl groups is 1. The highest BCUT2D eigenvalue weighted by Crippen LogP contribution is 2.43. The molecule has 0 saturated carbocycles. The van der Waals surface area contributed by atoms with Crippen LogP contribution in [0.3, 0.4) is 0 Å². The molecule has 0 fully saturated rings. The summed E-state index contributed by atoms with van der Waals surface area (Å²) >= 11 is 12.4. The van der Waals surface area contributed by atoms with Gasteiger partial charge in [0.1, 0.15) is 16.5 Å². The number of carboxylic acid groups (broad SMARTS) is 1. The number of carbonyl (C=O) groups excluding carboxylic acids is 1. The molecule has 1 unspecified atom stereocenters. The van der Waals surface area contributed by atoms with Gasteiger partial charge in [-0.1, -0.05) is 41.4 Å². The number of rotatable bonds is 8. The molecule has 4 N–H and O–H groups in total. The first kappa shape index (κ1) is 19.8. The van der Waals surface area contributed by atoms with Crippen molar-refractivity contribution in [3.8, 4) is 17.2 Å². The second kappa shape index (κ2) is 8.75. The minimum Gasteiger partial charge on any atom is -0.491 e. The topological polar surface area (TPSA) is 119 Å². The van der Waals surface area contributed by atoms with E-state index in [0.717, 1.165) is 0 Å². The van der Waals surface area contributed by atoms with Gasteiger partial charge in [-0.05, 0) is 18.2 Å². The summed E-state index contributed by atoms with van der Waals surface area (Å²) in [5, 5.41) is 18.8. The molecule has 138 valence electrons. The van der Waals surface area contributed by atoms with Crippen molar-refractivity contribution in [2.75, 3.05) is 6.61 Å². The predicted molar refractivity (Wildman–Crippen MR) is 94.9 cm³/mol. The SMILES string of the molecule is NC(=O)C(O)c1ccccc1Oc1c(Cl)ccc(OCCC(=O)O)c1Cl. The Hall–Kier alpha value is -2.48. The Morgan fingerprint density at radius 3 is 2.46 bits per heavy atom. The third kappa shape index (κ3) is 4.78. The number of primary amides is 1. The fraction of sp³-hybridized carbons (Fsp3) is 0.176. The number of amides is 1. The van der Waals surface area contributed by atoms with E-state index < -0.39 is 18.0 Å². The zero-order chi connectivity index (χ0) is 19.3. The lowest BCUT2D eigenvalue weighted by atomic mass is 10.1. The second-order valence-corrected chi connectivity index (χ2v) is 5.91. The molecule has 0 aliphatic heterocycles. The lowest BCUT2D eigenvalue weighted by molar-refractivity contribution is -0.137. The van der Waals surface area contributed by atoms with Crippen molar-refractivity contribution in [2.45, 2.75) is 12.5 Å². The van der Waals surface area contributed by atoms with E-state index >= 15 is 0 Å². The normalized spacial score (nSPS) is 11.7. The van der Waals surface area contributed by atoms with Gasteiger partial charge >= 0.3 is 5.97 Å². The van der Waals surface area contributed by atoms with E-state index in [1.54, 1.807) is 12.1 Å². The third-order valence-corrected chi connectivity index (χ3v) is 3.94. The number of aliphatic carboxylic acids is 1. The van der Waals surface area contributed by atoms with Gasteiger partial charge in [0.25, 0.3) is 5.91 Å². The monoisotopic (exact) mass is 399 g/mol. The number of carbonyl (C=O) groups is 2. The Morgan fingerprint density at radius 2 is 1.81 bits per heavy atom. The van der Waals surface area contributed by atoms with Gasteiger partial charge in [0.2, 0.25) is 0 Å². The summed E-state index contributed by atoms with van der Waals surface area (Å²) in [5.41, 5.74) is 5.27. The number of para-hydroxylation sites is 1. The van der Waals surface area contributed by atoms with Crippen molar-refractivity contribution in [2.24, 2.45) is 5.73 Å². The minimum atomic E-state index is -1.57. The molecule has 0 aliphatic rings. The molecule has 2 rings (SSSR count). The highest BCUT2D eigenvalue weighted by Gasteiger charge is 2.21. The molecule has 0 heterocycles. The van der Waals surface area contributed by atoms with Gasteiger partial charge in [-0.25, -0.2) is 0 Å². The maximum absolute atomic E-state index is 11.3. The van der Waals surface area contributed by atoms with E-state index in [-0.39, 0.29) is 45.9 Å². The largest absolute Gasteiger partial charge is 0.491 e. The Morgan fingerprint density at radius 1 is 1.12 bits per heavy atom. The molecule has 7 nitrogen and oxygen atoms in total. The molecule has 0 bridgehead atoms. The summed E-state index contributed by atoms with van der Waals surface area (Å²) in [6.45, 7) is -0.0902. The van der Waals surface area contributed by atoms with Crippen LogP contribution in [0.4, 0.5) is 0 Å². The smallest absolute Gasteiger partial charge is 0.306 e. The summed E-state index contributed by atoms with van der Waals surface area (Å²) in [6, 6.07) is 9.14. The quantitative estimate of drug-likeness (QED) is 0.626. The van der Waals surface area contributed by atoms with Gasteiger partial charge in [-0.2, -0.15) is 0 Å². The standard InChI is InChI=1S/C17H15Cl2NO6/c18-10-5-6-12(25-8-7-13(21)22)14(19)16(10)26-11-4-2-1-3-9(11)15(23)17(20)24/h1-6,15,23H,7-8H2,(H2,20,24)(H,21,22). The summed E-state index contributed by atoms with van der Waals surface area (Å²) < 4.78 is 11.0. The molecule has 0 aliphatic carbocycles. The van der Waals surface area contributed by atoms with Gasteiger partial charge in [0.15, 0.2) is 11.9 Å². The molecular weight excluding hydrogens is 385 g/mol. The van der Waals surface area contributed by atoms with E-state index in [0.29, 0.717) is 0 Å². The zero-order valence-corrected chi connectivity index (χ0v) is 14.8. The van der Waals surface area contributed by atoms with E-state index in [4.69, 9.17) is 43.5 Å². The molecule has 2 aromatic carbocycles. The van der Waals surface area contributed by atoms with Crippen LogP contribution < -0.4 is 15.2 Å². The van der Waals surface area contributed by atoms with Crippen LogP contribution in [0.1, 0.15) is 18.1 Å². The van der Waals surface area contributed by atoms with Crippen molar-refractivity contribution >= 4 is 35.1 Å². The molecule has 0 aromatic heterocycles. The summed E-state index contributed by atoms with van der Waals surface area (Å²) in [7, 11) is 0. The van der Waals surface area contributed by atoms with Crippen molar-refractivity contribution in [3.05, 3.63) is 52.0 Å². The molecule has 0 radical (unpaired) electrons. The number of hydrogen-bond acceptors (Lipinski definition) is 5. The van der Waals surface area contributed by atoms with Gasteiger partial charge in [0.05, 0.1) is 18.1 Å². The number of nitrogens with two attached hydrogens (primary N) is 1. The number of ether oxygens (including phenoxy) is 2. The zero-order valence-electron chi connectivity index (χ0n) is 13.3. The number of carboxylic acids is 1. The van der Waals surface area contributed by atoms with Crippen molar-refractivity contribution in [1.82, 2.24) is 0 Å². The maximum Gasteiger partial charge on any atom is 0.306 e. The molecule has 0 saturated heterocycles. The lowest BCUT2D eigenvalue weighted by Gasteiger charge is -2.17. The van der Waals surface area contributed by atoms with Gasteiger partial charge in [-0.15, -0.1) is 0 Å². The maximum atomic E-state index is 11.3. The molecule has 1 atom stereocenters. The number of aliphatic hydroxyl groups excluding tert-OH is 1. The van der Waals surface area contributed by atoms with E-state index in [1.807, 2.05) is 0 Å². The lowest BCUT2D eigenvalue weighted by Crippen LogP contribution is -2.21. The second-order valence-electron chi connectivity index (χ2n) is 5.13. The molecule has 2 aromatic rings. The van der Waals surface area contributed by atoms with Crippen LogP contribution in [0.25, 0.3) is 0 Å². The molecule has 0 spiro atoms. The van der Waals surface area contributed by atoms with Crippen LogP contribution in [0.5, 0.6) is 17.2 Å². The predicted octanol–water partition coefficient (Wildman–Crippen LogP) is 3.16. The van der Waals surface area contributed by atoms with Crippen LogP contribution in [-0.4, -0.2) is 28.7 Å². The average Bonchev–Trinajstić information content (AvgIpc) is 2.60. The first-order valence-electron chi connectivity index (χ1n) is 7.38. The van der Waals surface area contributed by atoms with Crippen molar-refractivity contribution < 1.29 is 29.3 Å². The number of hydrogen-bond donors (Lipinski definition) is 3. The first-order chi connectivity index (χ1) is 12.3. The van der Waals surface area contributed by atoms with E-state index in [1.165, 1.54) is 24.3 Å². The summed E-state index contributed by atoms with van der Waals surface area (Å²) in [6.07, 6.45) is -1.78. The van der Waals surface area contributed by atoms with E-state index in [9.17, 15) is 14.7 Å². The number of halogens is 2. The van der Waals surface area contributed by atoms with Crippen LogP contribution >= 0.6 is 23.2 Å². The van der Waals surface area contributed by atoms with Crippen LogP contribution in [0.15, 0.2) is 36.4 Å². The summed E-state index contributed by atoms with van der Waals surface area (Å²) in [4.78, 5) is 21.8. The molecule has 1 amide bonds.